The van der Waals surface area contributed by atoms with Crippen LogP contribution in [-0.4, -0.2) is 34.1 Å². The number of carbonyl (C=O) groups excluding carboxylic acids is 1. The summed E-state index contributed by atoms with van der Waals surface area (Å²) in [5.41, 5.74) is 2.20. The lowest BCUT2D eigenvalue weighted by Crippen LogP contribution is -2.28. The summed E-state index contributed by atoms with van der Waals surface area (Å²) in [4.78, 5) is 31.2. The van der Waals surface area contributed by atoms with Crippen LogP contribution in [0.15, 0.2) is 24.4 Å². The molecule has 0 aliphatic carbocycles. The number of H-pyrrole nitrogens is 1. The molecule has 2 heterocycles. The van der Waals surface area contributed by atoms with Gasteiger partial charge in [0, 0.05) is 17.1 Å². The van der Waals surface area contributed by atoms with Crippen molar-refractivity contribution in [2.24, 2.45) is 0 Å². The Kier molecular flexibility index (Phi) is 4.94. The largest absolute Gasteiger partial charge is 0.496 e. The number of carbonyl (C=O) groups is 2. The average Bonchev–Trinajstić information content (AvgIpc) is 3.18. The zero-order valence-corrected chi connectivity index (χ0v) is 15.4. The van der Waals surface area contributed by atoms with Crippen LogP contribution >= 0.6 is 11.3 Å². The Morgan fingerprint density at radius 3 is 2.85 bits per heavy atom. The Hall–Kier alpha value is -2.87. The summed E-state index contributed by atoms with van der Waals surface area (Å²) in [6.07, 6.45) is 1.98. The first-order valence-corrected chi connectivity index (χ1v) is 8.85. The molecule has 3 N–H and O–H groups in total. The number of hydrogen-bond donors (Lipinski definition) is 3. The van der Waals surface area contributed by atoms with E-state index >= 15 is 0 Å². The number of ether oxygens (including phenoxy) is 1. The molecule has 3 rings (SSSR count). The van der Waals surface area contributed by atoms with E-state index in [1.165, 1.54) is 0 Å². The molecule has 26 heavy (non-hydrogen) atoms. The van der Waals surface area contributed by atoms with E-state index in [2.05, 4.69) is 15.3 Å². The molecule has 0 saturated heterocycles. The number of aryl methyl sites for hydroxylation is 1. The average molecular weight is 373 g/mol. The van der Waals surface area contributed by atoms with Crippen LogP contribution in [0, 0.1) is 6.92 Å². The molecule has 1 aromatic carbocycles. The second kappa shape index (κ2) is 7.17. The Bertz CT molecular complexity index is 976. The summed E-state index contributed by atoms with van der Waals surface area (Å²) in [6, 6.07) is 5.29. The molecule has 1 amide bonds. The highest BCUT2D eigenvalue weighted by atomic mass is 32.1. The van der Waals surface area contributed by atoms with E-state index in [0.717, 1.165) is 27.8 Å². The fourth-order valence-electron chi connectivity index (χ4n) is 2.86. The van der Waals surface area contributed by atoms with Gasteiger partial charge in [-0.25, -0.2) is 9.78 Å². The number of carboxylic acid groups (broad SMARTS) is 1. The van der Waals surface area contributed by atoms with Gasteiger partial charge in [0.05, 0.1) is 25.3 Å². The highest BCUT2D eigenvalue weighted by molar-refractivity contribution is 7.13. The third-order valence-corrected chi connectivity index (χ3v) is 5.40. The molecule has 0 saturated carbocycles. The predicted molar refractivity (Wildman–Crippen MR) is 98.9 cm³/mol. The fourth-order valence-corrected chi connectivity index (χ4v) is 3.77. The third-order valence-electron chi connectivity index (χ3n) is 4.08. The Morgan fingerprint density at radius 2 is 2.19 bits per heavy atom. The van der Waals surface area contributed by atoms with Crippen molar-refractivity contribution in [2.45, 2.75) is 26.3 Å². The summed E-state index contributed by atoms with van der Waals surface area (Å²) in [7, 11) is 1.60. The number of aromatic nitrogens is 2. The van der Waals surface area contributed by atoms with E-state index in [-0.39, 0.29) is 23.2 Å². The van der Waals surface area contributed by atoms with E-state index in [1.54, 1.807) is 27.2 Å². The number of nitrogens with one attached hydrogen (secondary N) is 2. The van der Waals surface area contributed by atoms with E-state index in [4.69, 9.17) is 9.84 Å². The number of amides is 1. The second-order valence-corrected chi connectivity index (χ2v) is 6.97. The van der Waals surface area contributed by atoms with E-state index < -0.39 is 5.97 Å². The molecular formula is C18H19N3O4S. The van der Waals surface area contributed by atoms with Gasteiger partial charge in [-0.15, -0.1) is 11.3 Å². The first-order valence-electron chi connectivity index (χ1n) is 8.03. The summed E-state index contributed by atoms with van der Waals surface area (Å²) < 4.78 is 5.38. The van der Waals surface area contributed by atoms with Crippen molar-refractivity contribution in [3.63, 3.8) is 0 Å². The highest BCUT2D eigenvalue weighted by Gasteiger charge is 2.20. The molecule has 0 aliphatic heterocycles. The normalized spacial score (nSPS) is 12.1. The van der Waals surface area contributed by atoms with Crippen molar-refractivity contribution in [3.8, 4) is 5.75 Å². The van der Waals surface area contributed by atoms with E-state index in [0.29, 0.717) is 16.5 Å². The van der Waals surface area contributed by atoms with Crippen LogP contribution < -0.4 is 10.1 Å². The van der Waals surface area contributed by atoms with Crippen molar-refractivity contribution in [1.82, 2.24) is 15.3 Å². The third kappa shape index (κ3) is 3.41. The van der Waals surface area contributed by atoms with Gasteiger partial charge in [-0.05, 0) is 31.5 Å². The van der Waals surface area contributed by atoms with Gasteiger partial charge in [-0.1, -0.05) is 6.07 Å². The number of methoxy groups -OCH3 is 1. The molecule has 1 unspecified atom stereocenters. The quantitative estimate of drug-likeness (QED) is 0.616. The number of aromatic carboxylic acids is 1. The number of thiazole rings is 1. The molecule has 0 radical (unpaired) electrons. The predicted octanol–water partition coefficient (Wildman–Crippen LogP) is 3.06. The van der Waals surface area contributed by atoms with E-state index in [9.17, 15) is 9.59 Å². The molecule has 0 spiro atoms. The monoisotopic (exact) mass is 373 g/mol. The molecule has 8 heteroatoms. The Labute approximate surface area is 154 Å². The fraction of sp³-hybridized carbons (Fsp3) is 0.278. The molecule has 0 aliphatic rings. The zero-order valence-electron chi connectivity index (χ0n) is 14.6. The molecule has 7 nitrogen and oxygen atoms in total. The van der Waals surface area contributed by atoms with Crippen LogP contribution in [0.25, 0.3) is 10.9 Å². The number of hydrogen-bond acceptors (Lipinski definition) is 5. The summed E-state index contributed by atoms with van der Waals surface area (Å²) in [5.74, 6) is -0.467. The molecule has 3 aromatic rings. The number of nitrogens with zero attached hydrogens (tertiary/aromatic N) is 1. The lowest BCUT2D eigenvalue weighted by Gasteiger charge is -2.11. The van der Waals surface area contributed by atoms with Crippen molar-refractivity contribution < 1.29 is 19.4 Å². The first kappa shape index (κ1) is 17.9. The lowest BCUT2D eigenvalue weighted by molar-refractivity contribution is -0.121. The maximum atomic E-state index is 12.5. The molecular weight excluding hydrogens is 354 g/mol. The second-order valence-electron chi connectivity index (χ2n) is 5.93. The molecule has 2 aromatic heterocycles. The van der Waals surface area contributed by atoms with E-state index in [1.807, 2.05) is 18.2 Å². The Morgan fingerprint density at radius 1 is 1.42 bits per heavy atom. The number of fused-ring (bicyclic) bond motifs is 1. The van der Waals surface area contributed by atoms with Crippen molar-refractivity contribution in [2.75, 3.05) is 7.11 Å². The minimum absolute atomic E-state index is 0.172. The van der Waals surface area contributed by atoms with Crippen LogP contribution in [-0.2, 0) is 11.2 Å². The maximum Gasteiger partial charge on any atom is 0.347 e. The van der Waals surface area contributed by atoms with Crippen molar-refractivity contribution in [1.29, 1.82) is 0 Å². The van der Waals surface area contributed by atoms with Crippen molar-refractivity contribution >= 4 is 34.1 Å². The zero-order chi connectivity index (χ0) is 18.8. The summed E-state index contributed by atoms with van der Waals surface area (Å²) in [5, 5.41) is 13.5. The maximum absolute atomic E-state index is 12.5. The minimum atomic E-state index is -1.00. The first-order chi connectivity index (χ1) is 12.4. The molecule has 0 bridgehead atoms. The van der Waals surface area contributed by atoms with Gasteiger partial charge >= 0.3 is 5.97 Å². The van der Waals surface area contributed by atoms with Crippen LogP contribution in [0.4, 0.5) is 0 Å². The number of aromatic amines is 1. The van der Waals surface area contributed by atoms with Gasteiger partial charge in [0.15, 0.2) is 0 Å². The smallest absolute Gasteiger partial charge is 0.347 e. The molecule has 0 fully saturated rings. The van der Waals surface area contributed by atoms with Gasteiger partial charge in [0.25, 0.3) is 0 Å². The summed E-state index contributed by atoms with van der Waals surface area (Å²) >= 11 is 1.08. The van der Waals surface area contributed by atoms with Gasteiger partial charge in [-0.3, -0.25) is 4.79 Å². The standard InChI is InChI=1S/C18H19N3O4S/c1-9-16(18(23)24)26-17(21-9)10(2)20-14(22)7-11-8-19-12-5-4-6-13(25-3)15(11)12/h4-6,8,10,19H,7H2,1-3H3,(H,20,22)(H,23,24). The molecule has 136 valence electrons. The topological polar surface area (TPSA) is 104 Å². The summed E-state index contributed by atoms with van der Waals surface area (Å²) in [6.45, 7) is 3.44. The van der Waals surface area contributed by atoms with Crippen LogP contribution in [0.1, 0.15) is 38.9 Å². The molecule has 1 atom stereocenters. The Balaban J connectivity index is 1.75. The van der Waals surface area contributed by atoms with Crippen molar-refractivity contribution in [3.05, 3.63) is 45.5 Å². The minimum Gasteiger partial charge on any atom is -0.496 e. The van der Waals surface area contributed by atoms with Gasteiger partial charge < -0.3 is 20.1 Å². The van der Waals surface area contributed by atoms with Crippen LogP contribution in [0.2, 0.25) is 0 Å². The number of carboxylic acids is 1. The SMILES string of the molecule is COc1cccc2[nH]cc(CC(=O)NC(C)c3nc(C)c(C(=O)O)s3)c12. The van der Waals surface area contributed by atoms with Gasteiger partial charge in [0.2, 0.25) is 5.91 Å². The van der Waals surface area contributed by atoms with Gasteiger partial charge in [-0.2, -0.15) is 0 Å². The van der Waals surface area contributed by atoms with Crippen LogP contribution in [0.3, 0.4) is 0 Å². The number of benzene rings is 1. The lowest BCUT2D eigenvalue weighted by atomic mass is 10.1. The highest BCUT2D eigenvalue weighted by Crippen LogP contribution is 2.29. The number of rotatable bonds is 6. The van der Waals surface area contributed by atoms with Gasteiger partial charge in [0.1, 0.15) is 15.6 Å². The van der Waals surface area contributed by atoms with Crippen LogP contribution in [0.5, 0.6) is 5.75 Å².